The van der Waals surface area contributed by atoms with Gasteiger partial charge in [0.2, 0.25) is 0 Å². The van der Waals surface area contributed by atoms with E-state index in [1.165, 1.54) is 6.92 Å². The lowest BCUT2D eigenvalue weighted by Gasteiger charge is -2.10. The number of carbonyl (C=O) groups excluding carboxylic acids is 2. The normalized spacial score (nSPS) is 10.5. The maximum absolute atomic E-state index is 12.4. The van der Waals surface area contributed by atoms with Gasteiger partial charge in [-0.3, -0.25) is 9.59 Å². The van der Waals surface area contributed by atoms with E-state index in [0.29, 0.717) is 22.7 Å². The van der Waals surface area contributed by atoms with Gasteiger partial charge in [0.15, 0.2) is 0 Å². The van der Waals surface area contributed by atoms with Gasteiger partial charge in [-0.2, -0.15) is 13.2 Å². The summed E-state index contributed by atoms with van der Waals surface area (Å²) in [6.45, 7) is 1.32. The zero-order chi connectivity index (χ0) is 23.9. The van der Waals surface area contributed by atoms with Gasteiger partial charge in [0.05, 0.1) is 11.4 Å². The third kappa shape index (κ3) is 7.13. The van der Waals surface area contributed by atoms with Gasteiger partial charge in [0.1, 0.15) is 5.75 Å². The number of carboxylic acids is 1. The number of hydrogen-bond donors (Lipinski definition) is 3. The molecule has 1 aromatic heterocycles. The second-order valence-corrected chi connectivity index (χ2v) is 7.10. The third-order valence-electron chi connectivity index (χ3n) is 3.73. The van der Waals surface area contributed by atoms with Gasteiger partial charge in [-0.25, -0.2) is 4.79 Å². The standard InChI is InChI=1S/C19H16N2O3S.C2HF3O2/c1-12(22)24-15-7-4-13(5-8-15)19(23)21-17-11-14(6-9-16(17)20)18-3-2-10-25-18;3-2(4,5)1(6)7/h2-11H,20H2,1H3,(H,21,23);(H,6,7). The number of nitrogens with one attached hydrogen (secondary N) is 1. The summed E-state index contributed by atoms with van der Waals surface area (Å²) in [6.07, 6.45) is -5.08. The Hall–Kier alpha value is -3.86. The van der Waals surface area contributed by atoms with Crippen LogP contribution in [0.5, 0.6) is 5.75 Å². The molecule has 0 saturated heterocycles. The monoisotopic (exact) mass is 466 g/mol. The summed E-state index contributed by atoms with van der Waals surface area (Å²) in [6, 6.07) is 15.9. The van der Waals surface area contributed by atoms with Crippen molar-refractivity contribution < 1.29 is 37.4 Å². The van der Waals surface area contributed by atoms with Gasteiger partial charge in [0.25, 0.3) is 5.91 Å². The Morgan fingerprint density at radius 3 is 2.19 bits per heavy atom. The number of carboxylic acid groups (broad SMARTS) is 1. The summed E-state index contributed by atoms with van der Waals surface area (Å²) in [4.78, 5) is 33.3. The topological polar surface area (TPSA) is 119 Å². The highest BCUT2D eigenvalue weighted by Gasteiger charge is 2.38. The highest BCUT2D eigenvalue weighted by atomic mass is 32.1. The first-order chi connectivity index (χ1) is 15.0. The van der Waals surface area contributed by atoms with Crippen molar-refractivity contribution in [1.29, 1.82) is 0 Å². The smallest absolute Gasteiger partial charge is 0.475 e. The van der Waals surface area contributed by atoms with Gasteiger partial charge in [-0.15, -0.1) is 11.3 Å². The van der Waals surface area contributed by atoms with Crippen molar-refractivity contribution >= 4 is 40.6 Å². The van der Waals surface area contributed by atoms with E-state index in [-0.39, 0.29) is 5.91 Å². The number of anilines is 2. The summed E-state index contributed by atoms with van der Waals surface area (Å²) in [7, 11) is 0. The quantitative estimate of drug-likeness (QED) is 0.289. The van der Waals surface area contributed by atoms with Crippen LogP contribution in [0, 0.1) is 0 Å². The van der Waals surface area contributed by atoms with E-state index in [9.17, 15) is 22.8 Å². The molecule has 1 amide bonds. The zero-order valence-electron chi connectivity index (χ0n) is 16.5. The number of alkyl halides is 3. The van der Waals surface area contributed by atoms with E-state index in [1.807, 2.05) is 29.6 Å². The fourth-order valence-corrected chi connectivity index (χ4v) is 3.02. The number of hydrogen-bond acceptors (Lipinski definition) is 6. The molecule has 0 aliphatic heterocycles. The van der Waals surface area contributed by atoms with Crippen LogP contribution in [0.4, 0.5) is 24.5 Å². The Kier molecular flexibility index (Phi) is 7.97. The predicted molar refractivity (Wildman–Crippen MR) is 114 cm³/mol. The number of ether oxygens (including phenoxy) is 1. The van der Waals surface area contributed by atoms with Crippen LogP contribution < -0.4 is 15.8 Å². The van der Waals surface area contributed by atoms with E-state index >= 15 is 0 Å². The van der Waals surface area contributed by atoms with Crippen LogP contribution in [0.25, 0.3) is 10.4 Å². The molecule has 1 heterocycles. The highest BCUT2D eigenvalue weighted by Crippen LogP contribution is 2.30. The Balaban J connectivity index is 0.000000451. The maximum atomic E-state index is 12.4. The van der Waals surface area contributed by atoms with Crippen LogP contribution in [0.1, 0.15) is 17.3 Å². The number of aliphatic carboxylic acids is 1. The minimum Gasteiger partial charge on any atom is -0.475 e. The fraction of sp³-hybridized carbons (Fsp3) is 0.0952. The van der Waals surface area contributed by atoms with E-state index in [4.69, 9.17) is 20.4 Å². The van der Waals surface area contributed by atoms with Crippen LogP contribution >= 0.6 is 11.3 Å². The van der Waals surface area contributed by atoms with Crippen molar-refractivity contribution in [2.75, 3.05) is 11.1 Å². The lowest BCUT2D eigenvalue weighted by molar-refractivity contribution is -0.192. The number of benzene rings is 2. The summed E-state index contributed by atoms with van der Waals surface area (Å²) >= 11 is 1.62. The van der Waals surface area contributed by atoms with Crippen molar-refractivity contribution in [2.45, 2.75) is 13.1 Å². The molecule has 3 aromatic rings. The number of nitrogens with two attached hydrogens (primary N) is 1. The fourth-order valence-electron chi connectivity index (χ4n) is 2.30. The summed E-state index contributed by atoms with van der Waals surface area (Å²) in [5.74, 6) is -3.06. The molecule has 11 heteroatoms. The highest BCUT2D eigenvalue weighted by molar-refractivity contribution is 7.13. The van der Waals surface area contributed by atoms with Gasteiger partial charge in [-0.05, 0) is 53.4 Å². The molecule has 168 valence electrons. The first-order valence-electron chi connectivity index (χ1n) is 8.80. The van der Waals surface area contributed by atoms with Crippen LogP contribution in [0.3, 0.4) is 0 Å². The predicted octanol–water partition coefficient (Wildman–Crippen LogP) is 4.81. The Labute approximate surface area is 184 Å². The molecule has 0 unspecified atom stereocenters. The molecule has 0 aliphatic carbocycles. The number of esters is 1. The lowest BCUT2D eigenvalue weighted by Crippen LogP contribution is -2.21. The van der Waals surface area contributed by atoms with Gasteiger partial charge in [0, 0.05) is 17.4 Å². The average Bonchev–Trinajstić information content (AvgIpc) is 3.24. The zero-order valence-corrected chi connectivity index (χ0v) is 17.3. The first kappa shape index (κ1) is 24.4. The van der Waals surface area contributed by atoms with Crippen LogP contribution in [0.15, 0.2) is 60.0 Å². The van der Waals surface area contributed by atoms with Crippen LogP contribution in [-0.2, 0) is 9.59 Å². The van der Waals surface area contributed by atoms with Crippen molar-refractivity contribution in [3.05, 3.63) is 65.5 Å². The van der Waals surface area contributed by atoms with Crippen molar-refractivity contribution in [1.82, 2.24) is 0 Å². The number of amides is 1. The first-order valence-corrected chi connectivity index (χ1v) is 9.68. The maximum Gasteiger partial charge on any atom is 0.490 e. The lowest BCUT2D eigenvalue weighted by atomic mass is 10.1. The summed E-state index contributed by atoms with van der Waals surface area (Å²) < 4.78 is 36.7. The Morgan fingerprint density at radius 1 is 1.06 bits per heavy atom. The van der Waals surface area contributed by atoms with Crippen molar-refractivity contribution in [3.63, 3.8) is 0 Å². The molecule has 32 heavy (non-hydrogen) atoms. The van der Waals surface area contributed by atoms with Crippen molar-refractivity contribution in [3.8, 4) is 16.2 Å². The molecule has 3 rings (SSSR count). The number of rotatable bonds is 4. The van der Waals surface area contributed by atoms with Crippen LogP contribution in [0.2, 0.25) is 0 Å². The second-order valence-electron chi connectivity index (χ2n) is 6.15. The number of thiophene rings is 1. The molecule has 0 fully saturated rings. The Morgan fingerprint density at radius 2 is 1.69 bits per heavy atom. The SMILES string of the molecule is CC(=O)Oc1ccc(C(=O)Nc2cc(-c3cccs3)ccc2N)cc1.O=C(O)C(F)(F)F. The molecule has 4 N–H and O–H groups in total. The summed E-state index contributed by atoms with van der Waals surface area (Å²) in [5.41, 5.74) is 8.46. The molecule has 0 aliphatic rings. The van der Waals surface area contributed by atoms with Gasteiger partial charge >= 0.3 is 18.1 Å². The number of nitrogen functional groups attached to an aromatic ring is 1. The Bertz CT molecular complexity index is 1100. The second kappa shape index (κ2) is 10.4. The van der Waals surface area contributed by atoms with Gasteiger partial charge in [-0.1, -0.05) is 12.1 Å². The van der Waals surface area contributed by atoms with E-state index in [2.05, 4.69) is 5.32 Å². The molecular weight excluding hydrogens is 449 g/mol. The third-order valence-corrected chi connectivity index (χ3v) is 4.65. The number of halogens is 3. The molecule has 0 atom stereocenters. The minimum absolute atomic E-state index is 0.288. The van der Waals surface area contributed by atoms with E-state index in [1.54, 1.807) is 41.7 Å². The summed E-state index contributed by atoms with van der Waals surface area (Å²) in [5, 5.41) is 11.9. The molecule has 7 nitrogen and oxygen atoms in total. The molecule has 0 saturated carbocycles. The van der Waals surface area contributed by atoms with E-state index in [0.717, 1.165) is 10.4 Å². The molecule has 0 radical (unpaired) electrons. The molecular formula is C21H17F3N2O5S. The number of carbonyl (C=O) groups is 3. The minimum atomic E-state index is -5.08. The van der Waals surface area contributed by atoms with Crippen LogP contribution in [-0.4, -0.2) is 29.1 Å². The van der Waals surface area contributed by atoms with Crippen molar-refractivity contribution in [2.24, 2.45) is 0 Å². The van der Waals surface area contributed by atoms with E-state index < -0.39 is 18.1 Å². The average molecular weight is 466 g/mol. The van der Waals surface area contributed by atoms with Gasteiger partial charge < -0.3 is 20.9 Å². The molecule has 0 bridgehead atoms. The molecule has 2 aromatic carbocycles. The largest absolute Gasteiger partial charge is 0.490 e. The molecule has 0 spiro atoms.